The van der Waals surface area contributed by atoms with Gasteiger partial charge in [0, 0.05) is 31.7 Å². The number of hydrogen-bond donors (Lipinski definition) is 2. The maximum Gasteiger partial charge on any atom is 0.272 e. The molecule has 0 saturated carbocycles. The Bertz CT molecular complexity index is 602. The number of furan rings is 1. The van der Waals surface area contributed by atoms with Gasteiger partial charge < -0.3 is 14.5 Å². The van der Waals surface area contributed by atoms with Gasteiger partial charge in [0.25, 0.3) is 5.91 Å². The maximum absolute atomic E-state index is 12.2. The Balaban J connectivity index is 1.55. The first-order chi connectivity index (χ1) is 10.7. The second kappa shape index (κ2) is 6.76. The van der Waals surface area contributed by atoms with Gasteiger partial charge in [-0.25, -0.2) is 0 Å². The highest BCUT2D eigenvalue weighted by molar-refractivity contribution is 5.93. The van der Waals surface area contributed by atoms with Crippen molar-refractivity contribution in [3.05, 3.63) is 30.2 Å². The van der Waals surface area contributed by atoms with E-state index in [1.807, 2.05) is 13.0 Å². The van der Waals surface area contributed by atoms with Gasteiger partial charge >= 0.3 is 0 Å². The summed E-state index contributed by atoms with van der Waals surface area (Å²) in [4.78, 5) is 14.5. The lowest BCUT2D eigenvalue weighted by molar-refractivity contribution is 0.0342. The van der Waals surface area contributed by atoms with Crippen LogP contribution < -0.4 is 5.32 Å². The summed E-state index contributed by atoms with van der Waals surface area (Å²) in [6.45, 7) is 6.13. The number of amides is 1. The van der Waals surface area contributed by atoms with Crippen molar-refractivity contribution in [2.24, 2.45) is 0 Å². The number of morpholine rings is 1. The van der Waals surface area contributed by atoms with Gasteiger partial charge in [0.15, 0.2) is 11.5 Å². The summed E-state index contributed by atoms with van der Waals surface area (Å²) in [5.41, 5.74) is 1.05. The van der Waals surface area contributed by atoms with Crippen LogP contribution in [0, 0.1) is 0 Å². The average molecular weight is 304 g/mol. The monoisotopic (exact) mass is 304 g/mol. The molecule has 0 unspecified atom stereocenters. The molecule has 7 nitrogen and oxygen atoms in total. The molecule has 2 aromatic rings. The quantitative estimate of drug-likeness (QED) is 0.865. The van der Waals surface area contributed by atoms with Crippen molar-refractivity contribution in [1.82, 2.24) is 20.4 Å². The number of H-pyrrole nitrogens is 1. The summed E-state index contributed by atoms with van der Waals surface area (Å²) in [7, 11) is 0. The molecule has 2 aromatic heterocycles. The Morgan fingerprint density at radius 3 is 3.05 bits per heavy atom. The van der Waals surface area contributed by atoms with Crippen LogP contribution in [0.5, 0.6) is 0 Å². The van der Waals surface area contributed by atoms with Gasteiger partial charge in [0.2, 0.25) is 0 Å². The van der Waals surface area contributed by atoms with E-state index in [0.717, 1.165) is 32.8 Å². The van der Waals surface area contributed by atoms with Crippen molar-refractivity contribution < 1.29 is 13.9 Å². The topological polar surface area (TPSA) is 83.4 Å². The van der Waals surface area contributed by atoms with E-state index >= 15 is 0 Å². The summed E-state index contributed by atoms with van der Waals surface area (Å²) in [6.07, 6.45) is 1.58. The van der Waals surface area contributed by atoms with Crippen LogP contribution in [-0.2, 0) is 4.74 Å². The van der Waals surface area contributed by atoms with Crippen molar-refractivity contribution in [3.8, 4) is 11.5 Å². The number of ether oxygens (including phenoxy) is 1. The predicted octanol–water partition coefficient (Wildman–Crippen LogP) is 1.12. The maximum atomic E-state index is 12.2. The number of nitrogens with one attached hydrogen (secondary N) is 2. The van der Waals surface area contributed by atoms with Crippen LogP contribution in [0.4, 0.5) is 0 Å². The highest BCUT2D eigenvalue weighted by Crippen LogP contribution is 2.17. The number of carbonyl (C=O) groups is 1. The molecule has 1 aliphatic heterocycles. The van der Waals surface area contributed by atoms with E-state index in [2.05, 4.69) is 20.4 Å². The number of nitrogens with zero attached hydrogens (tertiary/aromatic N) is 2. The van der Waals surface area contributed by atoms with Crippen molar-refractivity contribution in [2.75, 3.05) is 32.8 Å². The third-order valence-electron chi connectivity index (χ3n) is 3.61. The summed E-state index contributed by atoms with van der Waals surface area (Å²) in [6, 6.07) is 5.35. The molecule has 118 valence electrons. The van der Waals surface area contributed by atoms with Crippen molar-refractivity contribution in [1.29, 1.82) is 0 Å². The van der Waals surface area contributed by atoms with Gasteiger partial charge in [-0.2, -0.15) is 5.10 Å². The first-order valence-corrected chi connectivity index (χ1v) is 7.42. The van der Waals surface area contributed by atoms with Crippen molar-refractivity contribution >= 4 is 5.91 Å². The highest BCUT2D eigenvalue weighted by Gasteiger charge is 2.18. The fourth-order valence-corrected chi connectivity index (χ4v) is 2.51. The van der Waals surface area contributed by atoms with E-state index in [1.54, 1.807) is 18.4 Å². The molecule has 0 aliphatic carbocycles. The summed E-state index contributed by atoms with van der Waals surface area (Å²) < 4.78 is 10.6. The number of aromatic amines is 1. The van der Waals surface area contributed by atoms with E-state index < -0.39 is 0 Å². The zero-order valence-electron chi connectivity index (χ0n) is 12.5. The fraction of sp³-hybridized carbons (Fsp3) is 0.467. The van der Waals surface area contributed by atoms with Crippen LogP contribution in [0.3, 0.4) is 0 Å². The van der Waals surface area contributed by atoms with E-state index in [9.17, 15) is 4.79 Å². The normalized spacial score (nSPS) is 17.3. The molecule has 1 fully saturated rings. The average Bonchev–Trinajstić information content (AvgIpc) is 3.19. The minimum atomic E-state index is -0.185. The molecule has 1 atom stereocenters. The first-order valence-electron chi connectivity index (χ1n) is 7.42. The molecule has 3 rings (SSSR count). The van der Waals surface area contributed by atoms with E-state index in [1.165, 1.54) is 0 Å². The molecule has 22 heavy (non-hydrogen) atoms. The van der Waals surface area contributed by atoms with Crippen LogP contribution >= 0.6 is 0 Å². The molecular weight excluding hydrogens is 284 g/mol. The van der Waals surface area contributed by atoms with Crippen LogP contribution in [-0.4, -0.2) is 59.9 Å². The molecular formula is C15H20N4O3. The van der Waals surface area contributed by atoms with Crippen LogP contribution in [0.25, 0.3) is 11.5 Å². The molecule has 7 heteroatoms. The van der Waals surface area contributed by atoms with E-state index in [-0.39, 0.29) is 11.9 Å². The van der Waals surface area contributed by atoms with Crippen molar-refractivity contribution in [3.63, 3.8) is 0 Å². The minimum absolute atomic E-state index is 0.0503. The number of rotatable bonds is 5. The second-order valence-corrected chi connectivity index (χ2v) is 5.43. The molecule has 2 N–H and O–H groups in total. The zero-order valence-corrected chi connectivity index (χ0v) is 12.5. The fourth-order valence-electron chi connectivity index (χ4n) is 2.51. The smallest absolute Gasteiger partial charge is 0.272 e. The molecule has 1 aliphatic rings. The number of carbonyl (C=O) groups excluding carboxylic acids is 1. The molecule has 1 amide bonds. The van der Waals surface area contributed by atoms with E-state index in [4.69, 9.17) is 9.15 Å². The van der Waals surface area contributed by atoms with Gasteiger partial charge in [0.05, 0.1) is 19.5 Å². The predicted molar refractivity (Wildman–Crippen MR) is 80.5 cm³/mol. The Labute approximate surface area is 128 Å². The Kier molecular flexibility index (Phi) is 4.55. The molecule has 1 saturated heterocycles. The van der Waals surface area contributed by atoms with Gasteiger partial charge in [-0.05, 0) is 19.1 Å². The van der Waals surface area contributed by atoms with Gasteiger partial charge in [-0.15, -0.1) is 0 Å². The number of aromatic nitrogens is 2. The summed E-state index contributed by atoms with van der Waals surface area (Å²) >= 11 is 0. The first kappa shape index (κ1) is 14.8. The third-order valence-corrected chi connectivity index (χ3v) is 3.61. The molecule has 3 heterocycles. The standard InChI is InChI=1S/C15H20N4O3/c1-11(10-19-4-7-21-8-5-19)16-15(20)13-9-12(17-18-13)14-3-2-6-22-14/h2-3,6,9,11H,4-5,7-8,10H2,1H3,(H,16,20)(H,17,18)/t11-/m0/s1. The van der Waals surface area contributed by atoms with Gasteiger partial charge in [-0.1, -0.05) is 0 Å². The van der Waals surface area contributed by atoms with Crippen molar-refractivity contribution in [2.45, 2.75) is 13.0 Å². The lowest BCUT2D eigenvalue weighted by atomic mass is 10.2. The molecule has 0 aromatic carbocycles. The highest BCUT2D eigenvalue weighted by atomic mass is 16.5. The summed E-state index contributed by atoms with van der Waals surface area (Å²) in [5, 5.41) is 9.82. The summed E-state index contributed by atoms with van der Waals surface area (Å²) in [5.74, 6) is 0.475. The van der Waals surface area contributed by atoms with Gasteiger partial charge in [0.1, 0.15) is 5.69 Å². The zero-order chi connectivity index (χ0) is 15.4. The third kappa shape index (κ3) is 3.55. The Hall–Kier alpha value is -2.12. The molecule has 0 bridgehead atoms. The molecule has 0 spiro atoms. The lowest BCUT2D eigenvalue weighted by Gasteiger charge is -2.29. The van der Waals surface area contributed by atoms with E-state index in [0.29, 0.717) is 17.1 Å². The Morgan fingerprint density at radius 2 is 2.32 bits per heavy atom. The molecule has 0 radical (unpaired) electrons. The number of hydrogen-bond acceptors (Lipinski definition) is 5. The largest absolute Gasteiger partial charge is 0.463 e. The Morgan fingerprint density at radius 1 is 1.50 bits per heavy atom. The SMILES string of the molecule is C[C@@H](CN1CCOCC1)NC(=O)c1cc(-c2ccco2)[nH]n1. The second-order valence-electron chi connectivity index (χ2n) is 5.43. The minimum Gasteiger partial charge on any atom is -0.463 e. The van der Waals surface area contributed by atoms with Crippen LogP contribution in [0.2, 0.25) is 0 Å². The van der Waals surface area contributed by atoms with Crippen LogP contribution in [0.1, 0.15) is 17.4 Å². The van der Waals surface area contributed by atoms with Gasteiger partial charge in [-0.3, -0.25) is 14.8 Å². The van der Waals surface area contributed by atoms with Crippen LogP contribution in [0.15, 0.2) is 28.9 Å². The lowest BCUT2D eigenvalue weighted by Crippen LogP contribution is -2.46.